The van der Waals surface area contributed by atoms with Crippen LogP contribution in [0.2, 0.25) is 0 Å². The first kappa shape index (κ1) is 10.4. The second kappa shape index (κ2) is 6.14. The molecule has 1 nitrogen and oxygen atoms in total. The van der Waals surface area contributed by atoms with Gasteiger partial charge in [-0.1, -0.05) is 13.0 Å². The highest BCUT2D eigenvalue weighted by molar-refractivity contribution is 5.75. The Morgan fingerprint density at radius 1 is 1.55 bits per heavy atom. The molecule has 0 spiro atoms. The van der Waals surface area contributed by atoms with Crippen LogP contribution in [0.1, 0.15) is 39.5 Å². The lowest BCUT2D eigenvalue weighted by atomic mass is 9.99. The summed E-state index contributed by atoms with van der Waals surface area (Å²) >= 11 is 0. The Balaban J connectivity index is 3.28. The highest BCUT2D eigenvalue weighted by Crippen LogP contribution is 2.12. The van der Waals surface area contributed by atoms with Crippen molar-refractivity contribution in [2.75, 3.05) is 0 Å². The summed E-state index contributed by atoms with van der Waals surface area (Å²) in [5, 5.41) is 0. The molecule has 0 amide bonds. The van der Waals surface area contributed by atoms with Gasteiger partial charge in [-0.15, -0.1) is 6.58 Å². The molecule has 11 heavy (non-hydrogen) atoms. The first-order chi connectivity index (χ1) is 5.16. The Labute approximate surface area is 69.5 Å². The second-order valence-corrected chi connectivity index (χ2v) is 3.21. The molecule has 0 aromatic rings. The monoisotopic (exact) mass is 154 g/mol. The minimum Gasteiger partial charge on any atom is -0.300 e. The molecule has 0 saturated heterocycles. The molecule has 0 heterocycles. The average molecular weight is 154 g/mol. The Bertz CT molecular complexity index is 127. The summed E-state index contributed by atoms with van der Waals surface area (Å²) in [5.41, 5.74) is 0. The van der Waals surface area contributed by atoms with Crippen LogP contribution in [-0.2, 0) is 4.79 Å². The van der Waals surface area contributed by atoms with Gasteiger partial charge in [-0.3, -0.25) is 0 Å². The molecule has 0 aliphatic rings. The highest BCUT2D eigenvalue weighted by Gasteiger charge is 2.01. The minimum atomic E-state index is 0.301. The van der Waals surface area contributed by atoms with Gasteiger partial charge >= 0.3 is 0 Å². The lowest BCUT2D eigenvalue weighted by Crippen LogP contribution is -1.98. The van der Waals surface area contributed by atoms with E-state index in [4.69, 9.17) is 0 Å². The van der Waals surface area contributed by atoms with Crippen molar-refractivity contribution in [2.24, 2.45) is 5.92 Å². The second-order valence-electron chi connectivity index (χ2n) is 3.21. The Hall–Kier alpha value is -0.590. The van der Waals surface area contributed by atoms with Crippen molar-refractivity contribution in [1.29, 1.82) is 0 Å². The van der Waals surface area contributed by atoms with E-state index >= 15 is 0 Å². The first-order valence-corrected chi connectivity index (χ1v) is 4.27. The van der Waals surface area contributed by atoms with Crippen LogP contribution in [0.4, 0.5) is 0 Å². The van der Waals surface area contributed by atoms with Crippen LogP contribution in [0.3, 0.4) is 0 Å². The molecule has 64 valence electrons. The van der Waals surface area contributed by atoms with E-state index in [0.717, 1.165) is 25.7 Å². The number of hydrogen-bond acceptors (Lipinski definition) is 1. The van der Waals surface area contributed by atoms with Crippen LogP contribution in [0.15, 0.2) is 12.7 Å². The van der Waals surface area contributed by atoms with E-state index in [1.165, 1.54) is 0 Å². The van der Waals surface area contributed by atoms with E-state index < -0.39 is 0 Å². The third kappa shape index (κ3) is 7.31. The van der Waals surface area contributed by atoms with Gasteiger partial charge in [0.1, 0.15) is 5.78 Å². The standard InChI is InChI=1S/C10H18O/c1-4-5-6-9(2)7-8-10(3)11/h4,9H,1,5-8H2,2-3H3. The normalized spacial score (nSPS) is 12.5. The van der Waals surface area contributed by atoms with Gasteiger partial charge in [0.05, 0.1) is 0 Å². The van der Waals surface area contributed by atoms with Gasteiger partial charge in [0.25, 0.3) is 0 Å². The van der Waals surface area contributed by atoms with E-state index in [9.17, 15) is 4.79 Å². The van der Waals surface area contributed by atoms with Gasteiger partial charge < -0.3 is 4.79 Å². The van der Waals surface area contributed by atoms with Crippen molar-refractivity contribution >= 4 is 5.78 Å². The molecule has 0 saturated carbocycles. The molecule has 0 aliphatic heterocycles. The maximum Gasteiger partial charge on any atom is 0.129 e. The quantitative estimate of drug-likeness (QED) is 0.537. The predicted octanol–water partition coefficient (Wildman–Crippen LogP) is 2.96. The summed E-state index contributed by atoms with van der Waals surface area (Å²) in [7, 11) is 0. The number of hydrogen-bond donors (Lipinski definition) is 0. The summed E-state index contributed by atoms with van der Waals surface area (Å²) in [6, 6.07) is 0. The van der Waals surface area contributed by atoms with E-state index in [1.54, 1.807) is 6.92 Å². The SMILES string of the molecule is C=CCCC(C)CCC(C)=O. The number of carbonyl (C=O) groups is 1. The van der Waals surface area contributed by atoms with Gasteiger partial charge in [0.2, 0.25) is 0 Å². The number of ketones is 1. The molecule has 0 fully saturated rings. The minimum absolute atomic E-state index is 0.301. The lowest BCUT2D eigenvalue weighted by molar-refractivity contribution is -0.117. The van der Waals surface area contributed by atoms with Crippen LogP contribution < -0.4 is 0 Å². The van der Waals surface area contributed by atoms with Gasteiger partial charge in [0, 0.05) is 6.42 Å². The van der Waals surface area contributed by atoms with E-state index in [-0.39, 0.29) is 0 Å². The summed E-state index contributed by atoms with van der Waals surface area (Å²) in [5.74, 6) is 0.965. The third-order valence-corrected chi connectivity index (χ3v) is 1.85. The lowest BCUT2D eigenvalue weighted by Gasteiger charge is -2.07. The largest absolute Gasteiger partial charge is 0.300 e. The predicted molar refractivity (Wildman–Crippen MR) is 48.5 cm³/mol. The van der Waals surface area contributed by atoms with E-state index in [1.807, 2.05) is 6.08 Å². The molecular formula is C10H18O. The zero-order valence-corrected chi connectivity index (χ0v) is 7.60. The van der Waals surface area contributed by atoms with E-state index in [2.05, 4.69) is 13.5 Å². The maximum absolute atomic E-state index is 10.6. The number of carbonyl (C=O) groups excluding carboxylic acids is 1. The van der Waals surface area contributed by atoms with Crippen LogP contribution in [0, 0.1) is 5.92 Å². The van der Waals surface area contributed by atoms with Crippen LogP contribution in [0.5, 0.6) is 0 Å². The molecule has 0 radical (unpaired) electrons. The molecule has 0 bridgehead atoms. The summed E-state index contributed by atoms with van der Waals surface area (Å²) in [6.07, 6.45) is 5.93. The fraction of sp³-hybridized carbons (Fsp3) is 0.700. The number of rotatable bonds is 6. The smallest absolute Gasteiger partial charge is 0.129 e. The number of Topliss-reactive ketones (excluding diaryl/α,β-unsaturated/α-hetero) is 1. The van der Waals surface area contributed by atoms with Crippen LogP contribution in [0.25, 0.3) is 0 Å². The zero-order chi connectivity index (χ0) is 8.69. The van der Waals surface area contributed by atoms with Crippen molar-refractivity contribution in [2.45, 2.75) is 39.5 Å². The van der Waals surface area contributed by atoms with Gasteiger partial charge in [-0.2, -0.15) is 0 Å². The van der Waals surface area contributed by atoms with Crippen molar-refractivity contribution in [3.8, 4) is 0 Å². The Morgan fingerprint density at radius 2 is 2.18 bits per heavy atom. The molecule has 1 atom stereocenters. The van der Waals surface area contributed by atoms with Crippen molar-refractivity contribution in [3.05, 3.63) is 12.7 Å². The average Bonchev–Trinajstić information content (AvgIpc) is 1.97. The number of allylic oxidation sites excluding steroid dienone is 1. The molecule has 0 N–H and O–H groups in total. The highest BCUT2D eigenvalue weighted by atomic mass is 16.1. The first-order valence-electron chi connectivity index (χ1n) is 4.27. The van der Waals surface area contributed by atoms with Crippen LogP contribution in [-0.4, -0.2) is 5.78 Å². The molecule has 1 unspecified atom stereocenters. The Kier molecular flexibility index (Phi) is 5.81. The van der Waals surface area contributed by atoms with E-state index in [0.29, 0.717) is 11.7 Å². The fourth-order valence-electron chi connectivity index (χ4n) is 0.996. The fourth-order valence-corrected chi connectivity index (χ4v) is 0.996. The molecule has 0 rings (SSSR count). The van der Waals surface area contributed by atoms with Crippen molar-refractivity contribution < 1.29 is 4.79 Å². The third-order valence-electron chi connectivity index (χ3n) is 1.85. The van der Waals surface area contributed by atoms with Crippen LogP contribution >= 0.6 is 0 Å². The van der Waals surface area contributed by atoms with Gasteiger partial charge in [-0.25, -0.2) is 0 Å². The summed E-state index contributed by atoms with van der Waals surface area (Å²) in [4.78, 5) is 10.6. The summed E-state index contributed by atoms with van der Waals surface area (Å²) < 4.78 is 0. The van der Waals surface area contributed by atoms with Crippen molar-refractivity contribution in [1.82, 2.24) is 0 Å². The zero-order valence-electron chi connectivity index (χ0n) is 7.60. The molecule has 0 aliphatic carbocycles. The molecular weight excluding hydrogens is 136 g/mol. The topological polar surface area (TPSA) is 17.1 Å². The Morgan fingerprint density at radius 3 is 2.64 bits per heavy atom. The molecule has 0 aromatic heterocycles. The molecule has 0 aromatic carbocycles. The summed E-state index contributed by atoms with van der Waals surface area (Å²) in [6.45, 7) is 7.50. The van der Waals surface area contributed by atoms with Gasteiger partial charge in [0.15, 0.2) is 0 Å². The van der Waals surface area contributed by atoms with Crippen molar-refractivity contribution in [3.63, 3.8) is 0 Å². The molecule has 1 heteroatoms. The van der Waals surface area contributed by atoms with Gasteiger partial charge in [-0.05, 0) is 32.1 Å². The maximum atomic E-state index is 10.6.